The normalized spacial score (nSPS) is 11.2. The molecule has 2 aromatic carbocycles. The van der Waals surface area contributed by atoms with E-state index in [0.717, 1.165) is 16.9 Å². The molecule has 0 spiro atoms. The van der Waals surface area contributed by atoms with E-state index >= 15 is 0 Å². The molecule has 0 radical (unpaired) electrons. The van der Waals surface area contributed by atoms with Crippen molar-refractivity contribution in [1.29, 1.82) is 0 Å². The zero-order chi connectivity index (χ0) is 13.2. The fraction of sp³-hybridized carbons (Fsp3) is 0.0769. The zero-order valence-corrected chi connectivity index (χ0v) is 10.6. The standard InChI is InChI=1S/C13H13NO3S/c1-10-4-2-3-5-13(10)14-11-6-8-12(9-7-11)18(15,16)17/h2-9,14H,1H3,(H,15,16,17). The van der Waals surface area contributed by atoms with Gasteiger partial charge in [0.15, 0.2) is 0 Å². The Balaban J connectivity index is 2.24. The maximum atomic E-state index is 10.9. The molecular formula is C13H13NO3S. The van der Waals surface area contributed by atoms with E-state index in [0.29, 0.717) is 0 Å². The molecule has 2 rings (SSSR count). The van der Waals surface area contributed by atoms with E-state index in [2.05, 4.69) is 5.32 Å². The van der Waals surface area contributed by atoms with Crippen LogP contribution in [0.1, 0.15) is 5.56 Å². The number of hydrogen-bond donors (Lipinski definition) is 2. The first-order chi connectivity index (χ1) is 8.47. The van der Waals surface area contributed by atoms with E-state index in [9.17, 15) is 8.42 Å². The van der Waals surface area contributed by atoms with E-state index in [1.807, 2.05) is 31.2 Å². The third kappa shape index (κ3) is 2.88. The fourth-order valence-electron chi connectivity index (χ4n) is 1.58. The van der Waals surface area contributed by atoms with Gasteiger partial charge in [0.1, 0.15) is 0 Å². The zero-order valence-electron chi connectivity index (χ0n) is 9.79. The molecule has 0 aliphatic heterocycles. The molecule has 0 bridgehead atoms. The second kappa shape index (κ2) is 4.80. The van der Waals surface area contributed by atoms with Crippen molar-refractivity contribution in [3.63, 3.8) is 0 Å². The van der Waals surface area contributed by atoms with Crippen molar-refractivity contribution in [2.75, 3.05) is 5.32 Å². The summed E-state index contributed by atoms with van der Waals surface area (Å²) >= 11 is 0. The number of aryl methyl sites for hydroxylation is 1. The van der Waals surface area contributed by atoms with Crippen LogP contribution in [0.25, 0.3) is 0 Å². The second-order valence-corrected chi connectivity index (χ2v) is 5.36. The molecule has 0 amide bonds. The molecule has 0 aliphatic rings. The molecular weight excluding hydrogens is 250 g/mol. The largest absolute Gasteiger partial charge is 0.355 e. The van der Waals surface area contributed by atoms with Gasteiger partial charge in [-0.1, -0.05) is 18.2 Å². The summed E-state index contributed by atoms with van der Waals surface area (Å²) in [6.07, 6.45) is 0. The van der Waals surface area contributed by atoms with Crippen LogP contribution >= 0.6 is 0 Å². The first-order valence-corrected chi connectivity index (χ1v) is 6.81. The van der Waals surface area contributed by atoms with Crippen molar-refractivity contribution in [1.82, 2.24) is 0 Å². The summed E-state index contributed by atoms with van der Waals surface area (Å²) in [6.45, 7) is 1.98. The Hall–Kier alpha value is -1.85. The highest BCUT2D eigenvalue weighted by Crippen LogP contribution is 2.21. The van der Waals surface area contributed by atoms with Gasteiger partial charge in [0, 0.05) is 11.4 Å². The molecule has 0 saturated carbocycles. The Labute approximate surface area is 106 Å². The number of nitrogens with one attached hydrogen (secondary N) is 1. The highest BCUT2D eigenvalue weighted by Gasteiger charge is 2.08. The molecule has 94 valence electrons. The number of anilines is 2. The van der Waals surface area contributed by atoms with Crippen LogP contribution in [0.15, 0.2) is 53.4 Å². The van der Waals surface area contributed by atoms with Gasteiger partial charge in [0.2, 0.25) is 0 Å². The van der Waals surface area contributed by atoms with Crippen LogP contribution in [0, 0.1) is 6.92 Å². The fourth-order valence-corrected chi connectivity index (χ4v) is 2.06. The van der Waals surface area contributed by atoms with E-state index in [4.69, 9.17) is 4.55 Å². The van der Waals surface area contributed by atoms with Crippen LogP contribution in [-0.4, -0.2) is 13.0 Å². The van der Waals surface area contributed by atoms with Crippen LogP contribution < -0.4 is 5.32 Å². The summed E-state index contributed by atoms with van der Waals surface area (Å²) in [5.41, 5.74) is 2.81. The number of benzene rings is 2. The molecule has 4 nitrogen and oxygen atoms in total. The van der Waals surface area contributed by atoms with Crippen molar-refractivity contribution in [3.8, 4) is 0 Å². The van der Waals surface area contributed by atoms with E-state index in [1.165, 1.54) is 12.1 Å². The molecule has 0 fully saturated rings. The van der Waals surface area contributed by atoms with Gasteiger partial charge in [0.05, 0.1) is 4.90 Å². The van der Waals surface area contributed by atoms with Crippen LogP contribution in [0.4, 0.5) is 11.4 Å². The second-order valence-electron chi connectivity index (χ2n) is 3.94. The average molecular weight is 263 g/mol. The lowest BCUT2D eigenvalue weighted by molar-refractivity contribution is 0.483. The van der Waals surface area contributed by atoms with Crippen LogP contribution in [0.2, 0.25) is 0 Å². The molecule has 0 atom stereocenters. The lowest BCUT2D eigenvalue weighted by atomic mass is 10.2. The molecule has 18 heavy (non-hydrogen) atoms. The lowest BCUT2D eigenvalue weighted by Gasteiger charge is -2.09. The lowest BCUT2D eigenvalue weighted by Crippen LogP contribution is -1.98. The molecule has 2 N–H and O–H groups in total. The monoisotopic (exact) mass is 263 g/mol. The minimum Gasteiger partial charge on any atom is -0.355 e. The highest BCUT2D eigenvalue weighted by atomic mass is 32.2. The number of rotatable bonds is 3. The summed E-state index contributed by atoms with van der Waals surface area (Å²) in [7, 11) is -4.13. The molecule has 0 saturated heterocycles. The van der Waals surface area contributed by atoms with Crippen LogP contribution in [0.5, 0.6) is 0 Å². The molecule has 0 aromatic heterocycles. The van der Waals surface area contributed by atoms with Gasteiger partial charge >= 0.3 is 0 Å². The first-order valence-electron chi connectivity index (χ1n) is 5.37. The minimum atomic E-state index is -4.13. The van der Waals surface area contributed by atoms with Gasteiger partial charge in [-0.05, 0) is 42.8 Å². The smallest absolute Gasteiger partial charge is 0.294 e. The van der Waals surface area contributed by atoms with Gasteiger partial charge < -0.3 is 5.32 Å². The van der Waals surface area contributed by atoms with Gasteiger partial charge in [-0.25, -0.2) is 0 Å². The van der Waals surface area contributed by atoms with Gasteiger partial charge in [-0.2, -0.15) is 8.42 Å². The maximum Gasteiger partial charge on any atom is 0.294 e. The Morgan fingerprint density at radius 1 is 1.00 bits per heavy atom. The average Bonchev–Trinajstić information content (AvgIpc) is 2.32. The predicted octanol–water partition coefficient (Wildman–Crippen LogP) is 2.99. The van der Waals surface area contributed by atoms with Crippen molar-refractivity contribution in [2.45, 2.75) is 11.8 Å². The van der Waals surface area contributed by atoms with Gasteiger partial charge in [-0.3, -0.25) is 4.55 Å². The van der Waals surface area contributed by atoms with Crippen molar-refractivity contribution >= 4 is 21.5 Å². The quantitative estimate of drug-likeness (QED) is 0.835. The van der Waals surface area contributed by atoms with Crippen molar-refractivity contribution in [3.05, 3.63) is 54.1 Å². The maximum absolute atomic E-state index is 10.9. The van der Waals surface area contributed by atoms with E-state index in [-0.39, 0.29) is 4.90 Å². The van der Waals surface area contributed by atoms with Gasteiger partial charge in [-0.15, -0.1) is 0 Å². The van der Waals surface area contributed by atoms with Crippen molar-refractivity contribution < 1.29 is 13.0 Å². The summed E-state index contributed by atoms with van der Waals surface area (Å²) in [4.78, 5) is -0.113. The predicted molar refractivity (Wildman–Crippen MR) is 70.7 cm³/mol. The molecule has 0 heterocycles. The topological polar surface area (TPSA) is 66.4 Å². The summed E-state index contributed by atoms with van der Waals surface area (Å²) < 4.78 is 30.6. The summed E-state index contributed by atoms with van der Waals surface area (Å²) in [5, 5.41) is 3.17. The summed E-state index contributed by atoms with van der Waals surface area (Å²) in [6, 6.07) is 13.7. The Bertz CT molecular complexity index is 648. The van der Waals surface area contributed by atoms with E-state index in [1.54, 1.807) is 12.1 Å². The molecule has 0 unspecified atom stereocenters. The Morgan fingerprint density at radius 3 is 2.17 bits per heavy atom. The minimum absolute atomic E-state index is 0.113. The Morgan fingerprint density at radius 2 is 1.61 bits per heavy atom. The Kier molecular flexibility index (Phi) is 3.36. The third-order valence-corrected chi connectivity index (χ3v) is 3.44. The molecule has 5 heteroatoms. The SMILES string of the molecule is Cc1ccccc1Nc1ccc(S(=O)(=O)O)cc1. The van der Waals surface area contributed by atoms with Crippen molar-refractivity contribution in [2.24, 2.45) is 0 Å². The van der Waals surface area contributed by atoms with Crippen LogP contribution in [0.3, 0.4) is 0 Å². The number of para-hydroxylation sites is 1. The first kappa shape index (κ1) is 12.6. The highest BCUT2D eigenvalue weighted by molar-refractivity contribution is 7.85. The number of hydrogen-bond acceptors (Lipinski definition) is 3. The van der Waals surface area contributed by atoms with Gasteiger partial charge in [0.25, 0.3) is 10.1 Å². The third-order valence-electron chi connectivity index (χ3n) is 2.58. The molecule has 2 aromatic rings. The molecule has 0 aliphatic carbocycles. The summed E-state index contributed by atoms with van der Waals surface area (Å²) in [5.74, 6) is 0. The van der Waals surface area contributed by atoms with E-state index < -0.39 is 10.1 Å². The van der Waals surface area contributed by atoms with Crippen LogP contribution in [-0.2, 0) is 10.1 Å².